The average Bonchev–Trinajstić information content (AvgIpc) is 2.18. The van der Waals surface area contributed by atoms with Crippen molar-refractivity contribution in [1.82, 2.24) is 4.98 Å². The largest absolute Gasteiger partial charge is 0.382 e. The van der Waals surface area contributed by atoms with Crippen molar-refractivity contribution in [3.8, 4) is 0 Å². The lowest BCUT2D eigenvalue weighted by Gasteiger charge is -2.05. The number of pyridine rings is 1. The number of fused-ring (bicyclic) bond motifs is 1. The van der Waals surface area contributed by atoms with E-state index in [-0.39, 0.29) is 5.84 Å². The number of aryl methyl sites for hydroxylation is 1. The number of benzene rings is 1. The highest BCUT2D eigenvalue weighted by Crippen LogP contribution is 2.19. The molecule has 1 aromatic heterocycles. The molecule has 0 aliphatic carbocycles. The van der Waals surface area contributed by atoms with Crippen LogP contribution in [0, 0.1) is 12.3 Å². The molecule has 0 bridgehead atoms. The van der Waals surface area contributed by atoms with E-state index >= 15 is 0 Å². The molecule has 0 fully saturated rings. The number of aromatic nitrogens is 1. The van der Waals surface area contributed by atoms with Crippen LogP contribution in [0.15, 0.2) is 30.5 Å². The summed E-state index contributed by atoms with van der Waals surface area (Å²) in [5, 5.41) is 9.45. The second-order valence-corrected chi connectivity index (χ2v) is 3.25. The lowest BCUT2D eigenvalue weighted by molar-refractivity contribution is 1.25. The van der Waals surface area contributed by atoms with Crippen molar-refractivity contribution in [2.45, 2.75) is 6.92 Å². The standard InChI is InChI=1S/C11H11N3/c1-7-6-14-10(11(12)13)9-5-3-2-4-8(7)9/h2-6H,1H3,(H3,12,13). The maximum Gasteiger partial charge on any atom is 0.142 e. The average molecular weight is 185 g/mol. The van der Waals surface area contributed by atoms with Gasteiger partial charge >= 0.3 is 0 Å². The quantitative estimate of drug-likeness (QED) is 0.526. The molecule has 1 heterocycles. The number of nitrogens with zero attached hydrogens (tertiary/aromatic N) is 1. The van der Waals surface area contributed by atoms with Gasteiger partial charge in [0, 0.05) is 11.6 Å². The Hall–Kier alpha value is -1.90. The van der Waals surface area contributed by atoms with E-state index in [1.165, 1.54) is 0 Å². The maximum atomic E-state index is 7.40. The molecule has 0 saturated carbocycles. The van der Waals surface area contributed by atoms with Gasteiger partial charge in [-0.3, -0.25) is 10.4 Å². The molecule has 0 aliphatic heterocycles. The van der Waals surface area contributed by atoms with Gasteiger partial charge in [-0.2, -0.15) is 0 Å². The van der Waals surface area contributed by atoms with Crippen LogP contribution < -0.4 is 5.73 Å². The molecular weight excluding hydrogens is 174 g/mol. The highest BCUT2D eigenvalue weighted by molar-refractivity contribution is 6.06. The van der Waals surface area contributed by atoms with Crippen LogP contribution in [0.1, 0.15) is 11.3 Å². The first-order valence-electron chi connectivity index (χ1n) is 4.39. The van der Waals surface area contributed by atoms with Crippen LogP contribution in [0.2, 0.25) is 0 Å². The third kappa shape index (κ3) is 1.23. The summed E-state index contributed by atoms with van der Waals surface area (Å²) in [7, 11) is 0. The SMILES string of the molecule is Cc1cnc(C(=N)N)c2ccccc12. The number of amidine groups is 1. The zero-order chi connectivity index (χ0) is 10.1. The van der Waals surface area contributed by atoms with Crippen molar-refractivity contribution in [3.05, 3.63) is 41.7 Å². The normalized spacial score (nSPS) is 10.4. The zero-order valence-electron chi connectivity index (χ0n) is 7.91. The Morgan fingerprint density at radius 2 is 1.93 bits per heavy atom. The Morgan fingerprint density at radius 1 is 1.29 bits per heavy atom. The fourth-order valence-corrected chi connectivity index (χ4v) is 1.55. The molecule has 0 unspecified atom stereocenters. The summed E-state index contributed by atoms with van der Waals surface area (Å²) in [4.78, 5) is 4.16. The van der Waals surface area contributed by atoms with E-state index in [2.05, 4.69) is 4.98 Å². The second kappa shape index (κ2) is 3.10. The highest BCUT2D eigenvalue weighted by atomic mass is 14.8. The van der Waals surface area contributed by atoms with Gasteiger partial charge in [0.05, 0.1) is 0 Å². The summed E-state index contributed by atoms with van der Waals surface area (Å²) in [6.45, 7) is 2.00. The van der Waals surface area contributed by atoms with Crippen LogP contribution in [0.25, 0.3) is 10.8 Å². The van der Waals surface area contributed by atoms with E-state index < -0.39 is 0 Å². The zero-order valence-corrected chi connectivity index (χ0v) is 7.91. The number of nitrogens with two attached hydrogens (primary N) is 1. The topological polar surface area (TPSA) is 62.8 Å². The number of nitrogens with one attached hydrogen (secondary N) is 1. The van der Waals surface area contributed by atoms with Gasteiger partial charge in [-0.1, -0.05) is 24.3 Å². The first kappa shape index (κ1) is 8.69. The van der Waals surface area contributed by atoms with E-state index in [4.69, 9.17) is 11.1 Å². The molecule has 1 aromatic carbocycles. The van der Waals surface area contributed by atoms with Gasteiger partial charge in [-0.25, -0.2) is 0 Å². The third-order valence-electron chi connectivity index (χ3n) is 2.25. The fourth-order valence-electron chi connectivity index (χ4n) is 1.55. The van der Waals surface area contributed by atoms with E-state index in [0.29, 0.717) is 5.69 Å². The van der Waals surface area contributed by atoms with Crippen LogP contribution in [0.3, 0.4) is 0 Å². The van der Waals surface area contributed by atoms with Gasteiger partial charge in [0.15, 0.2) is 0 Å². The Bertz CT molecular complexity index is 503. The molecule has 3 nitrogen and oxygen atoms in total. The van der Waals surface area contributed by atoms with Crippen molar-refractivity contribution in [2.24, 2.45) is 5.73 Å². The molecule has 2 aromatic rings. The first-order valence-corrected chi connectivity index (χ1v) is 4.39. The Balaban J connectivity index is 2.88. The van der Waals surface area contributed by atoms with Crippen molar-refractivity contribution in [1.29, 1.82) is 5.41 Å². The summed E-state index contributed by atoms with van der Waals surface area (Å²) >= 11 is 0. The minimum absolute atomic E-state index is 0.0150. The molecule has 0 atom stereocenters. The Morgan fingerprint density at radius 3 is 2.57 bits per heavy atom. The third-order valence-corrected chi connectivity index (χ3v) is 2.25. The van der Waals surface area contributed by atoms with Crippen LogP contribution in [0.4, 0.5) is 0 Å². The van der Waals surface area contributed by atoms with Crippen molar-refractivity contribution in [3.63, 3.8) is 0 Å². The van der Waals surface area contributed by atoms with Crippen LogP contribution >= 0.6 is 0 Å². The smallest absolute Gasteiger partial charge is 0.142 e. The summed E-state index contributed by atoms with van der Waals surface area (Å²) in [5.74, 6) is 0.0150. The van der Waals surface area contributed by atoms with Crippen molar-refractivity contribution in [2.75, 3.05) is 0 Å². The molecule has 0 saturated heterocycles. The van der Waals surface area contributed by atoms with Crippen LogP contribution in [-0.4, -0.2) is 10.8 Å². The first-order chi connectivity index (χ1) is 6.70. The highest BCUT2D eigenvalue weighted by Gasteiger charge is 2.05. The summed E-state index contributed by atoms with van der Waals surface area (Å²) < 4.78 is 0. The molecule has 0 spiro atoms. The molecule has 2 rings (SSSR count). The summed E-state index contributed by atoms with van der Waals surface area (Å²) in [6, 6.07) is 7.85. The Labute approximate surface area is 82.1 Å². The molecular formula is C11H11N3. The number of rotatable bonds is 1. The Kier molecular flexibility index (Phi) is 1.93. The lowest BCUT2D eigenvalue weighted by atomic mass is 10.1. The predicted octanol–water partition coefficient (Wildman–Crippen LogP) is 1.83. The number of nitrogen functional groups attached to an aromatic ring is 1. The maximum absolute atomic E-state index is 7.40. The second-order valence-electron chi connectivity index (χ2n) is 3.25. The molecule has 3 heteroatoms. The van der Waals surface area contributed by atoms with E-state index in [1.807, 2.05) is 31.2 Å². The molecule has 70 valence electrons. The lowest BCUT2D eigenvalue weighted by Crippen LogP contribution is -2.13. The van der Waals surface area contributed by atoms with E-state index in [0.717, 1.165) is 16.3 Å². The van der Waals surface area contributed by atoms with Crippen molar-refractivity contribution < 1.29 is 0 Å². The molecule has 0 aliphatic rings. The summed E-state index contributed by atoms with van der Waals surface area (Å²) in [5.41, 5.74) is 7.11. The van der Waals surface area contributed by atoms with Gasteiger partial charge in [0.25, 0.3) is 0 Å². The molecule has 0 amide bonds. The molecule has 3 N–H and O–H groups in total. The van der Waals surface area contributed by atoms with Crippen molar-refractivity contribution >= 4 is 16.6 Å². The monoisotopic (exact) mass is 185 g/mol. The number of hydrogen-bond donors (Lipinski definition) is 2. The van der Waals surface area contributed by atoms with Gasteiger partial charge in [-0.05, 0) is 17.9 Å². The van der Waals surface area contributed by atoms with Gasteiger partial charge in [0.2, 0.25) is 0 Å². The van der Waals surface area contributed by atoms with E-state index in [1.54, 1.807) is 6.20 Å². The molecule has 14 heavy (non-hydrogen) atoms. The summed E-state index contributed by atoms with van der Waals surface area (Å²) in [6.07, 6.45) is 1.75. The van der Waals surface area contributed by atoms with Gasteiger partial charge in [0.1, 0.15) is 11.5 Å². The number of hydrogen-bond acceptors (Lipinski definition) is 2. The fraction of sp³-hybridized carbons (Fsp3) is 0.0909. The van der Waals surface area contributed by atoms with Crippen LogP contribution in [-0.2, 0) is 0 Å². The predicted molar refractivity (Wildman–Crippen MR) is 57.5 cm³/mol. The van der Waals surface area contributed by atoms with Crippen LogP contribution in [0.5, 0.6) is 0 Å². The minimum Gasteiger partial charge on any atom is -0.382 e. The van der Waals surface area contributed by atoms with E-state index in [9.17, 15) is 0 Å². The van der Waals surface area contributed by atoms with Gasteiger partial charge in [-0.15, -0.1) is 0 Å². The molecule has 0 radical (unpaired) electrons. The minimum atomic E-state index is 0.0150. The van der Waals surface area contributed by atoms with Gasteiger partial charge < -0.3 is 5.73 Å².